The van der Waals surface area contributed by atoms with Gasteiger partial charge in [-0.2, -0.15) is 0 Å². The second-order valence-corrected chi connectivity index (χ2v) is 4.55. The SMILES string of the molecule is COCC(C)Nc1cccc2n[se]nc12. The molecule has 1 atom stereocenters. The van der Waals surface area contributed by atoms with Gasteiger partial charge in [-0.3, -0.25) is 0 Å². The number of anilines is 1. The number of hydrogen-bond donors (Lipinski definition) is 1. The summed E-state index contributed by atoms with van der Waals surface area (Å²) < 4.78 is 13.8. The van der Waals surface area contributed by atoms with Crippen molar-refractivity contribution in [1.29, 1.82) is 0 Å². The zero-order valence-electron chi connectivity index (χ0n) is 8.73. The van der Waals surface area contributed by atoms with E-state index in [1.807, 2.05) is 18.2 Å². The van der Waals surface area contributed by atoms with E-state index in [1.165, 1.54) is 0 Å². The standard InChI is InChI=1S/C10H13N3OSe/c1-7(6-14-2)11-8-4-3-5-9-10(8)13-15-12-9/h3-5,7,11H,6H2,1-2H3. The van der Waals surface area contributed by atoms with Gasteiger partial charge in [-0.15, -0.1) is 0 Å². The van der Waals surface area contributed by atoms with Crippen LogP contribution >= 0.6 is 0 Å². The van der Waals surface area contributed by atoms with Crippen LogP contribution in [0.25, 0.3) is 11.0 Å². The average molecular weight is 270 g/mol. The molecule has 0 spiro atoms. The zero-order valence-corrected chi connectivity index (χ0v) is 10.4. The summed E-state index contributed by atoms with van der Waals surface area (Å²) in [4.78, 5) is 0. The molecule has 1 aromatic heterocycles. The number of aromatic nitrogens is 2. The third-order valence-electron chi connectivity index (χ3n) is 2.10. The van der Waals surface area contributed by atoms with Crippen LogP contribution in [0.5, 0.6) is 0 Å². The molecule has 0 bridgehead atoms. The fourth-order valence-corrected chi connectivity index (χ4v) is 2.63. The predicted octanol–water partition coefficient (Wildman–Crippen LogP) is 1.13. The van der Waals surface area contributed by atoms with E-state index in [0.29, 0.717) is 6.61 Å². The van der Waals surface area contributed by atoms with Crippen LogP contribution in [0.4, 0.5) is 5.69 Å². The van der Waals surface area contributed by atoms with E-state index in [1.54, 1.807) is 7.11 Å². The maximum absolute atomic E-state index is 5.08. The van der Waals surface area contributed by atoms with Crippen LogP contribution in [0.3, 0.4) is 0 Å². The Kier molecular flexibility index (Phi) is 3.36. The summed E-state index contributed by atoms with van der Waals surface area (Å²) in [7, 11) is 1.70. The molecule has 5 heteroatoms. The molecule has 80 valence electrons. The first-order valence-corrected chi connectivity index (χ1v) is 6.31. The van der Waals surface area contributed by atoms with Gasteiger partial charge in [0.2, 0.25) is 0 Å². The minimum absolute atomic E-state index is 0.0324. The molecule has 0 saturated carbocycles. The van der Waals surface area contributed by atoms with Crippen molar-refractivity contribution in [3.05, 3.63) is 18.2 Å². The van der Waals surface area contributed by atoms with E-state index in [0.717, 1.165) is 16.7 Å². The molecule has 1 N–H and O–H groups in total. The normalized spacial score (nSPS) is 12.9. The first kappa shape index (κ1) is 10.6. The van der Waals surface area contributed by atoms with E-state index in [4.69, 9.17) is 4.74 Å². The van der Waals surface area contributed by atoms with Gasteiger partial charge >= 0.3 is 94.6 Å². The Morgan fingerprint density at radius 2 is 2.33 bits per heavy atom. The molecule has 0 aliphatic carbocycles. The molecule has 4 nitrogen and oxygen atoms in total. The third-order valence-corrected chi connectivity index (χ3v) is 3.24. The number of ether oxygens (including phenoxy) is 1. The molecular weight excluding hydrogens is 257 g/mol. The monoisotopic (exact) mass is 271 g/mol. The molecule has 0 radical (unpaired) electrons. The number of hydrogen-bond acceptors (Lipinski definition) is 4. The van der Waals surface area contributed by atoms with Gasteiger partial charge in [-0.25, -0.2) is 0 Å². The molecule has 0 saturated heterocycles. The van der Waals surface area contributed by atoms with Gasteiger partial charge in [0.15, 0.2) is 0 Å². The van der Waals surface area contributed by atoms with Gasteiger partial charge in [-0.1, -0.05) is 0 Å². The number of rotatable bonds is 4. The Morgan fingerprint density at radius 3 is 3.13 bits per heavy atom. The van der Waals surface area contributed by atoms with Crippen LogP contribution in [0.15, 0.2) is 18.2 Å². The van der Waals surface area contributed by atoms with E-state index in [-0.39, 0.29) is 21.0 Å². The molecule has 0 aliphatic rings. The molecule has 1 heterocycles. The second kappa shape index (κ2) is 4.75. The number of methoxy groups -OCH3 is 1. The van der Waals surface area contributed by atoms with Crippen LogP contribution < -0.4 is 5.32 Å². The van der Waals surface area contributed by atoms with Gasteiger partial charge < -0.3 is 0 Å². The summed E-state index contributed by atoms with van der Waals surface area (Å²) in [6.07, 6.45) is 0. The van der Waals surface area contributed by atoms with Crippen molar-refractivity contribution in [2.75, 3.05) is 19.0 Å². The van der Waals surface area contributed by atoms with E-state index in [9.17, 15) is 0 Å². The summed E-state index contributed by atoms with van der Waals surface area (Å²) >= 11 is 0.0324. The maximum atomic E-state index is 5.08. The summed E-state index contributed by atoms with van der Waals surface area (Å²) in [5, 5.41) is 3.37. The van der Waals surface area contributed by atoms with E-state index in [2.05, 4.69) is 20.2 Å². The Labute approximate surface area is 94.9 Å². The van der Waals surface area contributed by atoms with Crippen molar-refractivity contribution in [1.82, 2.24) is 7.96 Å². The predicted molar refractivity (Wildman–Crippen MR) is 61.4 cm³/mol. The van der Waals surface area contributed by atoms with E-state index >= 15 is 0 Å². The quantitative estimate of drug-likeness (QED) is 0.846. The van der Waals surface area contributed by atoms with Crippen molar-refractivity contribution < 1.29 is 4.74 Å². The second-order valence-electron chi connectivity index (χ2n) is 3.44. The number of nitrogens with one attached hydrogen (secondary N) is 1. The van der Waals surface area contributed by atoms with Crippen LogP contribution in [0.1, 0.15) is 6.92 Å². The van der Waals surface area contributed by atoms with Gasteiger partial charge in [0.25, 0.3) is 0 Å². The van der Waals surface area contributed by atoms with Crippen molar-refractivity contribution >= 4 is 31.7 Å². The number of fused-ring (bicyclic) bond motifs is 1. The van der Waals surface area contributed by atoms with Crippen molar-refractivity contribution in [3.63, 3.8) is 0 Å². The fraction of sp³-hybridized carbons (Fsp3) is 0.400. The summed E-state index contributed by atoms with van der Waals surface area (Å²) in [6.45, 7) is 2.77. The number of nitrogens with zero attached hydrogens (tertiary/aromatic N) is 2. The Balaban J connectivity index is 2.23. The third kappa shape index (κ3) is 2.37. The van der Waals surface area contributed by atoms with Crippen LogP contribution in [0.2, 0.25) is 0 Å². The van der Waals surface area contributed by atoms with Crippen molar-refractivity contribution in [2.45, 2.75) is 13.0 Å². The molecule has 15 heavy (non-hydrogen) atoms. The van der Waals surface area contributed by atoms with Crippen LogP contribution in [-0.4, -0.2) is 42.7 Å². The molecule has 0 amide bonds. The topological polar surface area (TPSA) is 47.0 Å². The van der Waals surface area contributed by atoms with Crippen molar-refractivity contribution in [2.24, 2.45) is 0 Å². The Hall–Kier alpha value is -0.901. The van der Waals surface area contributed by atoms with Gasteiger partial charge in [0, 0.05) is 0 Å². The van der Waals surface area contributed by atoms with Gasteiger partial charge in [-0.05, 0) is 0 Å². The molecule has 1 unspecified atom stereocenters. The fourth-order valence-electron chi connectivity index (χ4n) is 1.48. The molecule has 2 rings (SSSR count). The van der Waals surface area contributed by atoms with Crippen molar-refractivity contribution in [3.8, 4) is 0 Å². The molecule has 0 aliphatic heterocycles. The average Bonchev–Trinajstić information content (AvgIpc) is 2.67. The first-order chi connectivity index (χ1) is 7.31. The van der Waals surface area contributed by atoms with Gasteiger partial charge in [0.1, 0.15) is 0 Å². The summed E-state index contributed by atoms with van der Waals surface area (Å²) in [5.41, 5.74) is 3.06. The van der Waals surface area contributed by atoms with E-state index < -0.39 is 0 Å². The first-order valence-electron chi connectivity index (χ1n) is 4.78. The van der Waals surface area contributed by atoms with Gasteiger partial charge in [0.05, 0.1) is 0 Å². The Morgan fingerprint density at radius 1 is 1.47 bits per heavy atom. The van der Waals surface area contributed by atoms with Crippen LogP contribution in [-0.2, 0) is 4.74 Å². The minimum atomic E-state index is 0.0324. The molecule has 0 fully saturated rings. The molecule has 1 aromatic carbocycles. The summed E-state index contributed by atoms with van der Waals surface area (Å²) in [6, 6.07) is 6.32. The summed E-state index contributed by atoms with van der Waals surface area (Å²) in [5.74, 6) is 0. The number of benzene rings is 1. The zero-order chi connectivity index (χ0) is 10.7. The Bertz CT molecular complexity index is 443. The van der Waals surface area contributed by atoms with Crippen LogP contribution in [0, 0.1) is 0 Å². The molecular formula is C10H13N3OSe. The molecule has 2 aromatic rings.